The number of nitro groups is 2. The molecule has 0 aliphatic heterocycles. The lowest BCUT2D eigenvalue weighted by Gasteiger charge is -2.04. The molecule has 1 aromatic carbocycles. The molecule has 116 valence electrons. The summed E-state index contributed by atoms with van der Waals surface area (Å²) < 4.78 is 16.6. The van der Waals surface area contributed by atoms with Crippen LogP contribution in [0.2, 0.25) is 0 Å². The van der Waals surface area contributed by atoms with Gasteiger partial charge >= 0.3 is 5.97 Å². The average molecular weight is 327 g/mol. The van der Waals surface area contributed by atoms with Crippen LogP contribution in [0.25, 0.3) is 0 Å². The van der Waals surface area contributed by atoms with Gasteiger partial charge in [0.2, 0.25) is 0 Å². The Kier molecular flexibility index (Phi) is 6.09. The van der Waals surface area contributed by atoms with Crippen molar-refractivity contribution in [3.8, 4) is 6.07 Å². The van der Waals surface area contributed by atoms with Crippen LogP contribution in [0.15, 0.2) is 23.1 Å². The van der Waals surface area contributed by atoms with E-state index in [4.69, 9.17) is 5.26 Å². The number of hydrogen-bond acceptors (Lipinski definition) is 8. The minimum atomic E-state index is -2.09. The molecule has 1 unspecified atom stereocenters. The first-order valence-corrected chi connectivity index (χ1v) is 7.02. The van der Waals surface area contributed by atoms with E-state index in [-0.39, 0.29) is 17.9 Å². The summed E-state index contributed by atoms with van der Waals surface area (Å²) >= 11 is 0. The lowest BCUT2D eigenvalue weighted by atomic mass is 10.3. The van der Waals surface area contributed by atoms with Crippen LogP contribution in [0.5, 0.6) is 0 Å². The topological polar surface area (TPSA) is 153 Å². The van der Waals surface area contributed by atoms with Crippen LogP contribution < -0.4 is 0 Å². The predicted octanol–water partition coefficient (Wildman–Crippen LogP) is 1.07. The summed E-state index contributed by atoms with van der Waals surface area (Å²) in [6.07, 6.45) is -0.0317. The molecule has 0 saturated heterocycles. The number of non-ortho nitro benzene ring substituents is 1. The minimum Gasteiger partial charge on any atom is -0.464 e. The van der Waals surface area contributed by atoms with E-state index in [9.17, 15) is 29.2 Å². The van der Waals surface area contributed by atoms with Crippen molar-refractivity contribution in [1.29, 1.82) is 5.26 Å². The van der Waals surface area contributed by atoms with Gasteiger partial charge in [0.25, 0.3) is 11.4 Å². The van der Waals surface area contributed by atoms with E-state index in [1.807, 2.05) is 0 Å². The Morgan fingerprint density at radius 3 is 2.55 bits per heavy atom. The average Bonchev–Trinajstić information content (AvgIpc) is 2.46. The molecule has 0 radical (unpaired) electrons. The molecule has 11 heteroatoms. The molecule has 22 heavy (non-hydrogen) atoms. The number of nitro benzene ring substituents is 2. The molecule has 0 aliphatic rings. The quantitative estimate of drug-likeness (QED) is 0.312. The Labute approximate surface area is 126 Å². The van der Waals surface area contributed by atoms with Gasteiger partial charge in [0, 0.05) is 6.07 Å². The summed E-state index contributed by atoms with van der Waals surface area (Å²) in [6.45, 7) is -0.172. The van der Waals surface area contributed by atoms with Crippen LogP contribution in [-0.2, 0) is 20.3 Å². The molecule has 0 N–H and O–H groups in total. The van der Waals surface area contributed by atoms with Gasteiger partial charge in [0.1, 0.15) is 17.3 Å². The van der Waals surface area contributed by atoms with Crippen molar-refractivity contribution in [2.24, 2.45) is 0 Å². The summed E-state index contributed by atoms with van der Waals surface area (Å²) in [5.74, 6) is -1.54. The van der Waals surface area contributed by atoms with Gasteiger partial charge in [-0.1, -0.05) is 0 Å². The Balaban J connectivity index is 2.93. The van der Waals surface area contributed by atoms with Gasteiger partial charge in [0.15, 0.2) is 0 Å². The van der Waals surface area contributed by atoms with E-state index in [0.717, 1.165) is 12.1 Å². The molecule has 0 fully saturated rings. The number of nitrogens with zero attached hydrogens (tertiary/aromatic N) is 3. The first kappa shape index (κ1) is 17.2. The van der Waals surface area contributed by atoms with Gasteiger partial charge in [-0.05, 0) is 6.07 Å². The summed E-state index contributed by atoms with van der Waals surface area (Å²) in [5.41, 5.74) is -1.23. The molecule has 10 nitrogen and oxygen atoms in total. The highest BCUT2D eigenvalue weighted by Gasteiger charge is 2.24. The standard InChI is InChI=1S/C11H9N3O7S/c12-4-1-5-21-11(15)7-22(20)10-3-2-8(13(16)17)6-9(10)14(18)19/h2-3,6H,1,5,7H2. The lowest BCUT2D eigenvalue weighted by molar-refractivity contribution is -0.396. The molecule has 1 aromatic rings. The van der Waals surface area contributed by atoms with Gasteiger partial charge in [-0.3, -0.25) is 29.2 Å². The van der Waals surface area contributed by atoms with E-state index < -0.39 is 43.7 Å². The maximum Gasteiger partial charge on any atom is 0.318 e. The molecule has 0 heterocycles. The van der Waals surface area contributed by atoms with Gasteiger partial charge in [-0.15, -0.1) is 0 Å². The SMILES string of the molecule is N#CCCOC(=O)CS(=O)c1ccc([N+](=O)[O-])cc1[N+](=O)[O-]. The second-order valence-electron chi connectivity index (χ2n) is 3.78. The fraction of sp³-hybridized carbons (Fsp3) is 0.273. The highest BCUT2D eigenvalue weighted by Crippen LogP contribution is 2.27. The summed E-state index contributed by atoms with van der Waals surface area (Å²) in [4.78, 5) is 30.8. The van der Waals surface area contributed by atoms with Gasteiger partial charge in [-0.2, -0.15) is 5.26 Å². The van der Waals surface area contributed by atoms with E-state index in [1.165, 1.54) is 0 Å². The van der Waals surface area contributed by atoms with E-state index >= 15 is 0 Å². The first-order chi connectivity index (χ1) is 10.4. The Morgan fingerprint density at radius 2 is 2.00 bits per heavy atom. The van der Waals surface area contributed by atoms with Crippen molar-refractivity contribution in [1.82, 2.24) is 0 Å². The van der Waals surface area contributed by atoms with Crippen LogP contribution in [0, 0.1) is 31.6 Å². The lowest BCUT2D eigenvalue weighted by Crippen LogP contribution is -2.15. The molecule has 0 saturated carbocycles. The van der Waals surface area contributed by atoms with E-state index in [1.54, 1.807) is 6.07 Å². The van der Waals surface area contributed by atoms with E-state index in [0.29, 0.717) is 6.07 Å². The third-order valence-electron chi connectivity index (χ3n) is 2.32. The largest absolute Gasteiger partial charge is 0.464 e. The van der Waals surface area contributed by atoms with Crippen LogP contribution in [0.1, 0.15) is 6.42 Å². The minimum absolute atomic E-state index is 0.0317. The zero-order chi connectivity index (χ0) is 16.7. The number of ether oxygens (including phenoxy) is 1. The fourth-order valence-electron chi connectivity index (χ4n) is 1.39. The van der Waals surface area contributed by atoms with Crippen molar-refractivity contribution in [2.75, 3.05) is 12.4 Å². The van der Waals surface area contributed by atoms with Crippen molar-refractivity contribution in [3.05, 3.63) is 38.4 Å². The number of hydrogen-bond donors (Lipinski definition) is 0. The number of carbonyl (C=O) groups is 1. The van der Waals surface area contributed by atoms with Crippen LogP contribution in [0.3, 0.4) is 0 Å². The van der Waals surface area contributed by atoms with E-state index in [2.05, 4.69) is 4.74 Å². The second kappa shape index (κ2) is 7.79. The molecular formula is C11H9N3O7S. The third-order valence-corrected chi connectivity index (χ3v) is 3.65. The van der Waals surface area contributed by atoms with Crippen LogP contribution in [0.4, 0.5) is 11.4 Å². The number of carbonyl (C=O) groups excluding carboxylic acids is 1. The van der Waals surface area contributed by atoms with Crippen molar-refractivity contribution >= 4 is 28.1 Å². The smallest absolute Gasteiger partial charge is 0.318 e. The van der Waals surface area contributed by atoms with Crippen LogP contribution in [-0.4, -0.2) is 32.4 Å². The normalized spacial score (nSPS) is 11.2. The summed E-state index contributed by atoms with van der Waals surface area (Å²) in [6, 6.07) is 4.34. The molecular weight excluding hydrogens is 318 g/mol. The molecule has 0 aromatic heterocycles. The zero-order valence-electron chi connectivity index (χ0n) is 11.0. The van der Waals surface area contributed by atoms with Gasteiger partial charge < -0.3 is 4.74 Å². The van der Waals surface area contributed by atoms with Crippen molar-refractivity contribution in [2.45, 2.75) is 11.3 Å². The van der Waals surface area contributed by atoms with Gasteiger partial charge in [0.05, 0.1) is 39.2 Å². The van der Waals surface area contributed by atoms with Crippen molar-refractivity contribution < 1.29 is 23.6 Å². The number of esters is 1. The Morgan fingerprint density at radius 1 is 1.32 bits per heavy atom. The third kappa shape index (κ3) is 4.60. The molecule has 0 aliphatic carbocycles. The fourth-order valence-corrected chi connectivity index (χ4v) is 2.43. The van der Waals surface area contributed by atoms with Gasteiger partial charge in [-0.25, -0.2) is 0 Å². The summed E-state index contributed by atoms with van der Waals surface area (Å²) in [7, 11) is -2.09. The number of benzene rings is 1. The summed E-state index contributed by atoms with van der Waals surface area (Å²) in [5, 5.41) is 29.8. The second-order valence-corrected chi connectivity index (χ2v) is 5.20. The Hall–Kier alpha value is -2.87. The number of rotatable bonds is 7. The highest BCUT2D eigenvalue weighted by molar-refractivity contribution is 7.85. The molecule has 0 amide bonds. The maximum absolute atomic E-state index is 12.0. The highest BCUT2D eigenvalue weighted by atomic mass is 32.2. The zero-order valence-corrected chi connectivity index (χ0v) is 11.8. The first-order valence-electron chi connectivity index (χ1n) is 5.70. The maximum atomic E-state index is 12.0. The molecule has 1 rings (SSSR count). The molecule has 1 atom stereocenters. The van der Waals surface area contributed by atoms with Crippen LogP contribution >= 0.6 is 0 Å². The van der Waals surface area contributed by atoms with Crippen molar-refractivity contribution in [3.63, 3.8) is 0 Å². The molecule has 0 spiro atoms. The monoisotopic (exact) mass is 327 g/mol. The Bertz CT molecular complexity index is 683. The number of nitriles is 1. The predicted molar refractivity (Wildman–Crippen MR) is 72.2 cm³/mol. The molecule has 0 bridgehead atoms.